The van der Waals surface area contributed by atoms with E-state index < -0.39 is 64.4 Å². The molecule has 0 aliphatic heterocycles. The van der Waals surface area contributed by atoms with E-state index in [0.717, 1.165) is 0 Å². The minimum Gasteiger partial charge on any atom is -0.439 e. The molecule has 0 saturated heterocycles. The first-order valence-electron chi connectivity index (χ1n) is 11.9. The number of halogens is 1. The van der Waals surface area contributed by atoms with Crippen LogP contribution >= 0.6 is 11.6 Å². The second-order valence-corrected chi connectivity index (χ2v) is 10.8. The molecule has 1 heterocycles. The van der Waals surface area contributed by atoms with Gasteiger partial charge < -0.3 is 20.2 Å². The van der Waals surface area contributed by atoms with Gasteiger partial charge in [-0.1, -0.05) is 0 Å². The van der Waals surface area contributed by atoms with Crippen molar-refractivity contribution in [3.05, 3.63) is 23.1 Å². The standard InChI is InChI=1S/C25H27ClN4O7/c1-29(2)13-7-12-21(37-14(8-26)28-12)16-10(13)5-9-6-11-18(30(3)4)20(32)17(24(27)35)23(34)25(11,36)22(33)15(9)19(16)31/h7,9,11,15,17-18,36H,5-6,8H2,1-4H3,(H2,27,35)/t9-,11-,15?,17?,18-,25-/m0/s1. The summed E-state index contributed by atoms with van der Waals surface area (Å²) in [7, 11) is 6.76. The Bertz CT molecular complexity index is 1400. The molecule has 1 aromatic carbocycles. The molecule has 11 nitrogen and oxygen atoms in total. The van der Waals surface area contributed by atoms with Crippen LogP contribution in [0.1, 0.15) is 28.2 Å². The molecule has 0 spiro atoms. The van der Waals surface area contributed by atoms with E-state index in [1.807, 2.05) is 19.0 Å². The number of primary amides is 1. The van der Waals surface area contributed by atoms with Crippen molar-refractivity contribution in [1.29, 1.82) is 0 Å². The third-order valence-corrected chi connectivity index (χ3v) is 8.29. The number of oxazole rings is 1. The highest BCUT2D eigenvalue weighted by Crippen LogP contribution is 2.51. The average Bonchev–Trinajstić information content (AvgIpc) is 3.23. The molecule has 3 aliphatic carbocycles. The highest BCUT2D eigenvalue weighted by atomic mass is 35.5. The highest BCUT2D eigenvalue weighted by Gasteiger charge is 2.69. The van der Waals surface area contributed by atoms with Gasteiger partial charge in [-0.25, -0.2) is 4.98 Å². The summed E-state index contributed by atoms with van der Waals surface area (Å²) in [5.41, 5.74) is 4.76. The lowest BCUT2D eigenvalue weighted by Crippen LogP contribution is -2.74. The lowest BCUT2D eigenvalue weighted by molar-refractivity contribution is -0.181. The Morgan fingerprint density at radius 3 is 2.46 bits per heavy atom. The molecule has 2 unspecified atom stereocenters. The van der Waals surface area contributed by atoms with Crippen LogP contribution in [0, 0.1) is 23.7 Å². The van der Waals surface area contributed by atoms with Crippen LogP contribution in [0.3, 0.4) is 0 Å². The van der Waals surface area contributed by atoms with Crippen molar-refractivity contribution >= 4 is 57.4 Å². The number of carbonyl (C=O) groups excluding carboxylic acids is 5. The number of likely N-dealkylation sites (N-methyl/N-ethyl adjacent to an activating group) is 1. The predicted molar refractivity (Wildman–Crippen MR) is 131 cm³/mol. The Morgan fingerprint density at radius 2 is 1.89 bits per heavy atom. The average molecular weight is 531 g/mol. The fourth-order valence-electron chi connectivity index (χ4n) is 6.54. The maximum atomic E-state index is 14.0. The van der Waals surface area contributed by atoms with Crippen LogP contribution in [-0.2, 0) is 31.5 Å². The van der Waals surface area contributed by atoms with Gasteiger partial charge in [0.1, 0.15) is 5.52 Å². The van der Waals surface area contributed by atoms with E-state index in [1.54, 1.807) is 20.2 Å². The lowest BCUT2D eigenvalue weighted by Gasteiger charge is -2.52. The molecule has 6 atom stereocenters. The smallest absolute Gasteiger partial charge is 0.235 e. The highest BCUT2D eigenvalue weighted by molar-refractivity contribution is 6.32. The number of alkyl halides is 1. The number of hydrogen-bond acceptors (Lipinski definition) is 10. The SMILES string of the molecule is CN(C)c1cc2nc(CCl)oc2c2c1C[C@H]1C[C@H]3[C@H](N(C)C)C(=O)C(C(N)=O)C(=O)[C@@]3(O)C(=O)C1C2=O. The van der Waals surface area contributed by atoms with E-state index in [-0.39, 0.29) is 35.8 Å². The number of nitrogens with zero attached hydrogens (tertiary/aromatic N) is 3. The first-order valence-corrected chi connectivity index (χ1v) is 12.4. The van der Waals surface area contributed by atoms with Gasteiger partial charge in [-0.05, 0) is 44.5 Å². The van der Waals surface area contributed by atoms with Crippen molar-refractivity contribution in [2.24, 2.45) is 29.4 Å². The number of nitrogens with two attached hydrogens (primary N) is 1. The molecule has 12 heteroatoms. The van der Waals surface area contributed by atoms with Gasteiger partial charge in [0.15, 0.2) is 40.2 Å². The zero-order valence-corrected chi connectivity index (χ0v) is 21.5. The van der Waals surface area contributed by atoms with E-state index in [0.29, 0.717) is 16.8 Å². The molecule has 5 rings (SSSR count). The summed E-state index contributed by atoms with van der Waals surface area (Å²) in [5.74, 6) is -9.75. The van der Waals surface area contributed by atoms with E-state index in [1.165, 1.54) is 4.90 Å². The van der Waals surface area contributed by atoms with E-state index in [2.05, 4.69) is 4.98 Å². The summed E-state index contributed by atoms with van der Waals surface area (Å²) in [6.45, 7) is 0. The van der Waals surface area contributed by atoms with Gasteiger partial charge >= 0.3 is 0 Å². The van der Waals surface area contributed by atoms with E-state index in [4.69, 9.17) is 21.8 Å². The minimum atomic E-state index is -2.71. The molecule has 196 valence electrons. The maximum absolute atomic E-state index is 14.0. The van der Waals surface area contributed by atoms with Gasteiger partial charge in [0.2, 0.25) is 11.8 Å². The first kappa shape index (κ1) is 25.5. The summed E-state index contributed by atoms with van der Waals surface area (Å²) in [6, 6.07) is 0.675. The number of amides is 1. The molecule has 1 aromatic heterocycles. The Kier molecular flexibility index (Phi) is 5.81. The van der Waals surface area contributed by atoms with Crippen molar-refractivity contribution < 1.29 is 33.5 Å². The number of rotatable bonds is 4. The zero-order chi connectivity index (χ0) is 27.1. The maximum Gasteiger partial charge on any atom is 0.235 e. The Hall–Kier alpha value is -3.15. The van der Waals surface area contributed by atoms with Gasteiger partial charge in [0, 0.05) is 25.7 Å². The molecule has 3 aliphatic rings. The van der Waals surface area contributed by atoms with Crippen molar-refractivity contribution in [3.8, 4) is 0 Å². The number of anilines is 1. The van der Waals surface area contributed by atoms with Gasteiger partial charge in [-0.3, -0.25) is 28.9 Å². The normalized spacial score (nSPS) is 31.4. The van der Waals surface area contributed by atoms with E-state index >= 15 is 0 Å². The number of aliphatic hydroxyl groups is 1. The van der Waals surface area contributed by atoms with Crippen molar-refractivity contribution in [1.82, 2.24) is 9.88 Å². The molecule has 2 fully saturated rings. The minimum absolute atomic E-state index is 0.0235. The van der Waals surface area contributed by atoms with Crippen LogP contribution < -0.4 is 10.6 Å². The molecule has 1 amide bonds. The Labute approximate surface area is 216 Å². The number of fused-ring (bicyclic) bond motifs is 5. The van der Waals surface area contributed by atoms with Crippen LogP contribution in [0.4, 0.5) is 5.69 Å². The predicted octanol–water partition coefficient (Wildman–Crippen LogP) is 0.107. The largest absolute Gasteiger partial charge is 0.439 e. The summed E-state index contributed by atoms with van der Waals surface area (Å²) in [5, 5.41) is 11.7. The molecule has 37 heavy (non-hydrogen) atoms. The van der Waals surface area contributed by atoms with Gasteiger partial charge in [0.25, 0.3) is 0 Å². The second kappa shape index (κ2) is 8.44. The van der Waals surface area contributed by atoms with Crippen molar-refractivity contribution in [3.63, 3.8) is 0 Å². The number of Topliss-reactive ketones (excluding diaryl/α,β-unsaturated/α-hetero) is 4. The zero-order valence-electron chi connectivity index (χ0n) is 20.8. The van der Waals surface area contributed by atoms with Crippen LogP contribution in [0.25, 0.3) is 11.1 Å². The second-order valence-electron chi connectivity index (χ2n) is 10.5. The molecular formula is C25H27ClN4O7. The van der Waals surface area contributed by atoms with Crippen molar-refractivity contribution in [2.75, 3.05) is 33.1 Å². The molecular weight excluding hydrogens is 504 g/mol. The number of carbonyl (C=O) groups is 5. The lowest BCUT2D eigenvalue weighted by atomic mass is 9.52. The number of hydrogen-bond donors (Lipinski definition) is 2. The summed E-state index contributed by atoms with van der Waals surface area (Å²) >= 11 is 5.91. The van der Waals surface area contributed by atoms with Gasteiger partial charge in [-0.15, -0.1) is 11.6 Å². The number of ketones is 4. The Morgan fingerprint density at radius 1 is 1.22 bits per heavy atom. The van der Waals surface area contributed by atoms with Crippen LogP contribution in [-0.4, -0.2) is 83.9 Å². The third kappa shape index (κ3) is 3.33. The van der Waals surface area contributed by atoms with Gasteiger partial charge in [0.05, 0.1) is 23.4 Å². The summed E-state index contributed by atoms with van der Waals surface area (Å²) < 4.78 is 5.76. The molecule has 0 radical (unpaired) electrons. The quantitative estimate of drug-likeness (QED) is 0.409. The van der Waals surface area contributed by atoms with Gasteiger partial charge in [-0.2, -0.15) is 0 Å². The molecule has 3 N–H and O–H groups in total. The number of benzene rings is 1. The summed E-state index contributed by atoms with van der Waals surface area (Å²) in [6.07, 6.45) is 0.310. The van der Waals surface area contributed by atoms with Crippen molar-refractivity contribution in [2.45, 2.75) is 30.4 Å². The van der Waals surface area contributed by atoms with E-state index in [9.17, 15) is 29.1 Å². The topological polar surface area (TPSA) is 164 Å². The molecule has 2 aromatic rings. The number of aromatic nitrogens is 1. The van der Waals surface area contributed by atoms with Crippen LogP contribution in [0.15, 0.2) is 10.5 Å². The molecule has 0 bridgehead atoms. The summed E-state index contributed by atoms with van der Waals surface area (Å²) in [4.78, 5) is 74.2. The fraction of sp³-hybridized carbons (Fsp3) is 0.520. The monoisotopic (exact) mass is 530 g/mol. The third-order valence-electron chi connectivity index (χ3n) is 8.06. The fourth-order valence-corrected chi connectivity index (χ4v) is 6.66. The Balaban J connectivity index is 1.71. The molecule has 2 saturated carbocycles. The first-order chi connectivity index (χ1) is 17.3. The van der Waals surface area contributed by atoms with Crippen LogP contribution in [0.5, 0.6) is 0 Å². The van der Waals surface area contributed by atoms with Crippen LogP contribution in [0.2, 0.25) is 0 Å².